The lowest BCUT2D eigenvalue weighted by molar-refractivity contribution is -0.141. The number of aromatic nitrogens is 2. The highest BCUT2D eigenvalue weighted by molar-refractivity contribution is 7.99. The first-order chi connectivity index (χ1) is 13.9. The van der Waals surface area contributed by atoms with E-state index in [9.17, 15) is 18.0 Å². The van der Waals surface area contributed by atoms with Gasteiger partial charge in [0, 0.05) is 28.8 Å². The quantitative estimate of drug-likeness (QED) is 0.446. The zero-order valence-corrected chi connectivity index (χ0v) is 15.8. The zero-order valence-electron chi connectivity index (χ0n) is 15.0. The highest BCUT2D eigenvalue weighted by Crippen LogP contribution is 2.29. The number of benzene rings is 2. The number of carbonyl (C=O) groups excluding carboxylic acids is 1. The summed E-state index contributed by atoms with van der Waals surface area (Å²) in [5.74, 6) is 0.267. The van der Waals surface area contributed by atoms with Crippen molar-refractivity contribution in [1.82, 2.24) is 9.78 Å². The van der Waals surface area contributed by atoms with Crippen LogP contribution in [0.2, 0.25) is 0 Å². The van der Waals surface area contributed by atoms with Crippen LogP contribution < -0.4 is 5.32 Å². The first-order valence-electron chi connectivity index (χ1n) is 8.52. The Labute approximate surface area is 169 Å². The minimum atomic E-state index is -4.51. The van der Waals surface area contributed by atoms with Crippen molar-refractivity contribution in [2.45, 2.75) is 17.5 Å². The van der Waals surface area contributed by atoms with Gasteiger partial charge in [-0.15, -0.1) is 11.8 Å². The van der Waals surface area contributed by atoms with E-state index in [2.05, 4.69) is 16.5 Å². The molecule has 1 aromatic heterocycles. The molecule has 0 saturated heterocycles. The topological polar surface area (TPSA) is 70.7 Å². The van der Waals surface area contributed by atoms with Crippen molar-refractivity contribution in [3.8, 4) is 11.8 Å². The van der Waals surface area contributed by atoms with Crippen molar-refractivity contribution in [2.24, 2.45) is 0 Å². The molecule has 5 nitrogen and oxygen atoms in total. The van der Waals surface area contributed by atoms with Crippen LogP contribution in [0.25, 0.3) is 5.69 Å². The van der Waals surface area contributed by atoms with E-state index in [-0.39, 0.29) is 5.91 Å². The Balaban J connectivity index is 1.72. The summed E-state index contributed by atoms with van der Waals surface area (Å²) in [7, 11) is 0. The second kappa shape index (κ2) is 8.84. The van der Waals surface area contributed by atoms with Crippen molar-refractivity contribution < 1.29 is 18.0 Å². The van der Waals surface area contributed by atoms with Gasteiger partial charge < -0.3 is 5.32 Å². The summed E-state index contributed by atoms with van der Waals surface area (Å²) in [6, 6.07) is 16.3. The minimum Gasteiger partial charge on any atom is -0.321 e. The fourth-order valence-electron chi connectivity index (χ4n) is 2.48. The number of nitrogens with one attached hydrogen (secondary N) is 1. The number of amides is 1. The molecule has 0 bridgehead atoms. The number of nitrogens with zero attached hydrogens (tertiary/aromatic N) is 3. The Morgan fingerprint density at radius 3 is 2.52 bits per heavy atom. The largest absolute Gasteiger partial charge is 0.435 e. The van der Waals surface area contributed by atoms with E-state index in [1.165, 1.54) is 42.2 Å². The summed E-state index contributed by atoms with van der Waals surface area (Å²) in [5.41, 5.74) is 0.412. The number of hydrogen-bond acceptors (Lipinski definition) is 4. The van der Waals surface area contributed by atoms with E-state index < -0.39 is 11.9 Å². The van der Waals surface area contributed by atoms with Gasteiger partial charge in [0.2, 0.25) is 0 Å². The van der Waals surface area contributed by atoms with Crippen LogP contribution in [0.1, 0.15) is 22.5 Å². The van der Waals surface area contributed by atoms with E-state index in [1.807, 2.05) is 12.1 Å². The number of thioether (sulfide) groups is 1. The van der Waals surface area contributed by atoms with Crippen molar-refractivity contribution in [3.63, 3.8) is 0 Å². The molecular weight excluding hydrogens is 401 g/mol. The number of rotatable bonds is 6. The van der Waals surface area contributed by atoms with Gasteiger partial charge in [-0.2, -0.15) is 23.5 Å². The number of para-hydroxylation sites is 1. The average Bonchev–Trinajstić information content (AvgIpc) is 3.20. The number of nitriles is 1. The highest BCUT2D eigenvalue weighted by atomic mass is 32.2. The van der Waals surface area contributed by atoms with E-state index in [4.69, 9.17) is 5.26 Å². The van der Waals surface area contributed by atoms with E-state index in [0.29, 0.717) is 29.1 Å². The van der Waals surface area contributed by atoms with Gasteiger partial charge in [0.25, 0.3) is 5.91 Å². The Morgan fingerprint density at radius 1 is 1.14 bits per heavy atom. The molecular formula is C20H15F3N4OS. The normalized spacial score (nSPS) is 11.1. The van der Waals surface area contributed by atoms with Crippen molar-refractivity contribution >= 4 is 23.4 Å². The predicted octanol–water partition coefficient (Wildman–Crippen LogP) is 5.15. The second-order valence-electron chi connectivity index (χ2n) is 5.90. The van der Waals surface area contributed by atoms with E-state index in [1.54, 1.807) is 12.1 Å². The standard InChI is InChI=1S/C20H15F3N4OS/c21-20(22,23)18-10-12-27(26-18)15-8-6-14(7-9-15)19(28)25-16-4-1-2-5-17(16)29-13-3-11-24/h1-2,4-10,12H,3,13H2,(H,25,28). The van der Waals surface area contributed by atoms with Crippen LogP contribution in [-0.2, 0) is 6.18 Å². The average molecular weight is 416 g/mol. The second-order valence-corrected chi connectivity index (χ2v) is 7.03. The lowest BCUT2D eigenvalue weighted by Crippen LogP contribution is -2.12. The molecule has 0 aliphatic heterocycles. The van der Waals surface area contributed by atoms with Crippen LogP contribution in [0, 0.1) is 11.3 Å². The Kier molecular flexibility index (Phi) is 6.24. The maximum atomic E-state index is 12.7. The van der Waals surface area contributed by atoms with E-state index >= 15 is 0 Å². The molecule has 3 aromatic rings. The number of halogens is 3. The Hall–Kier alpha value is -3.25. The molecule has 3 rings (SSSR count). The smallest absolute Gasteiger partial charge is 0.321 e. The van der Waals surface area contributed by atoms with Gasteiger partial charge in [-0.25, -0.2) is 4.68 Å². The molecule has 0 radical (unpaired) electrons. The summed E-state index contributed by atoms with van der Waals surface area (Å²) in [6.07, 6.45) is -2.89. The number of carbonyl (C=O) groups is 1. The zero-order chi connectivity index (χ0) is 20.9. The third-order valence-electron chi connectivity index (χ3n) is 3.88. The van der Waals surface area contributed by atoms with Gasteiger partial charge in [-0.1, -0.05) is 12.1 Å². The number of alkyl halides is 3. The molecule has 1 N–H and O–H groups in total. The molecule has 0 aliphatic rings. The van der Waals surface area contributed by atoms with Gasteiger partial charge in [-0.05, 0) is 42.5 Å². The monoisotopic (exact) mass is 416 g/mol. The molecule has 1 heterocycles. The molecule has 0 unspecified atom stereocenters. The van der Waals surface area contributed by atoms with Gasteiger partial charge in [-0.3, -0.25) is 4.79 Å². The fourth-order valence-corrected chi connectivity index (χ4v) is 3.34. The molecule has 9 heteroatoms. The summed E-state index contributed by atoms with van der Waals surface area (Å²) in [4.78, 5) is 13.4. The molecule has 2 aromatic carbocycles. The maximum absolute atomic E-state index is 12.7. The van der Waals surface area contributed by atoms with Gasteiger partial charge in [0.05, 0.1) is 17.4 Å². The van der Waals surface area contributed by atoms with E-state index in [0.717, 1.165) is 15.6 Å². The van der Waals surface area contributed by atoms with Crippen LogP contribution in [0.4, 0.5) is 18.9 Å². The molecule has 29 heavy (non-hydrogen) atoms. The fraction of sp³-hybridized carbons (Fsp3) is 0.150. The van der Waals surface area contributed by atoms with Crippen LogP contribution in [0.15, 0.2) is 65.7 Å². The summed E-state index contributed by atoms with van der Waals surface area (Å²) < 4.78 is 39.1. The molecule has 0 spiro atoms. The van der Waals surface area contributed by atoms with Gasteiger partial charge >= 0.3 is 6.18 Å². The van der Waals surface area contributed by atoms with Gasteiger partial charge in [0.1, 0.15) is 0 Å². The minimum absolute atomic E-state index is 0.346. The molecule has 0 fully saturated rings. The van der Waals surface area contributed by atoms with Crippen LogP contribution in [0.5, 0.6) is 0 Å². The van der Waals surface area contributed by atoms with Crippen LogP contribution >= 0.6 is 11.8 Å². The maximum Gasteiger partial charge on any atom is 0.435 e. The van der Waals surface area contributed by atoms with Crippen LogP contribution in [0.3, 0.4) is 0 Å². The Morgan fingerprint density at radius 2 is 1.86 bits per heavy atom. The van der Waals surface area contributed by atoms with Crippen molar-refractivity contribution in [3.05, 3.63) is 72.1 Å². The SMILES string of the molecule is N#CCCSc1ccccc1NC(=O)c1ccc(-n2ccc(C(F)(F)F)n2)cc1. The summed E-state index contributed by atoms with van der Waals surface area (Å²) in [5, 5.41) is 15.0. The molecule has 0 aliphatic carbocycles. The molecule has 1 amide bonds. The summed E-state index contributed by atoms with van der Waals surface area (Å²) in [6.45, 7) is 0. The number of anilines is 1. The lowest BCUT2D eigenvalue weighted by atomic mass is 10.2. The highest BCUT2D eigenvalue weighted by Gasteiger charge is 2.33. The van der Waals surface area contributed by atoms with Crippen molar-refractivity contribution in [2.75, 3.05) is 11.1 Å². The summed E-state index contributed by atoms with van der Waals surface area (Å²) >= 11 is 1.47. The van der Waals surface area contributed by atoms with Crippen LogP contribution in [-0.4, -0.2) is 21.4 Å². The lowest BCUT2D eigenvalue weighted by Gasteiger charge is -2.10. The van der Waals surface area contributed by atoms with Gasteiger partial charge in [0.15, 0.2) is 5.69 Å². The third-order valence-corrected chi connectivity index (χ3v) is 4.96. The molecule has 148 valence electrons. The third kappa shape index (κ3) is 5.18. The number of hydrogen-bond donors (Lipinski definition) is 1. The predicted molar refractivity (Wildman–Crippen MR) is 104 cm³/mol. The van der Waals surface area contributed by atoms with Crippen molar-refractivity contribution in [1.29, 1.82) is 5.26 Å². The first-order valence-corrected chi connectivity index (χ1v) is 9.50. The molecule has 0 atom stereocenters. The first kappa shape index (κ1) is 20.5. The molecule has 0 saturated carbocycles. The Bertz CT molecular complexity index is 1040.